The van der Waals surface area contributed by atoms with Gasteiger partial charge in [0.2, 0.25) is 11.8 Å². The summed E-state index contributed by atoms with van der Waals surface area (Å²) in [5.74, 6) is -1.14. The molecule has 42 heavy (non-hydrogen) atoms. The summed E-state index contributed by atoms with van der Waals surface area (Å²) in [5.41, 5.74) is 0.597. The molecule has 0 aliphatic rings. The summed E-state index contributed by atoms with van der Waals surface area (Å²) >= 11 is 12.9. The van der Waals surface area contributed by atoms with E-state index >= 15 is 0 Å². The van der Waals surface area contributed by atoms with E-state index in [1.165, 1.54) is 17.0 Å². The number of anilines is 1. The van der Waals surface area contributed by atoms with Gasteiger partial charge in [0.25, 0.3) is 10.0 Å². The van der Waals surface area contributed by atoms with E-state index in [9.17, 15) is 22.4 Å². The summed E-state index contributed by atoms with van der Waals surface area (Å²) in [6, 6.07) is 14.5. The molecule has 3 rings (SSSR count). The Bertz CT molecular complexity index is 1450. The molecular formula is C30H34Cl2FN3O5S. The van der Waals surface area contributed by atoms with Crippen molar-refractivity contribution in [1.82, 2.24) is 10.2 Å². The Balaban J connectivity index is 2.09. The minimum atomic E-state index is -4.35. The number of nitrogens with zero attached hydrogens (tertiary/aromatic N) is 2. The number of amides is 2. The lowest BCUT2D eigenvalue weighted by Crippen LogP contribution is -2.52. The highest BCUT2D eigenvalue weighted by atomic mass is 35.5. The third-order valence-corrected chi connectivity index (χ3v) is 8.94. The van der Waals surface area contributed by atoms with Gasteiger partial charge in [-0.25, -0.2) is 12.8 Å². The summed E-state index contributed by atoms with van der Waals surface area (Å²) in [5, 5.41) is 3.41. The molecule has 1 atom stereocenters. The average molecular weight is 639 g/mol. The lowest BCUT2D eigenvalue weighted by molar-refractivity contribution is -0.140. The molecule has 0 saturated carbocycles. The number of rotatable bonds is 14. The van der Waals surface area contributed by atoms with Crippen LogP contribution in [0.2, 0.25) is 10.0 Å². The highest BCUT2D eigenvalue weighted by molar-refractivity contribution is 7.92. The molecule has 3 aromatic carbocycles. The number of carbonyl (C=O) groups excluding carboxylic acids is 2. The predicted octanol–water partition coefficient (Wildman–Crippen LogP) is 6.06. The number of hydrogen-bond acceptors (Lipinski definition) is 5. The maximum atomic E-state index is 14.1. The van der Waals surface area contributed by atoms with Gasteiger partial charge in [0.1, 0.15) is 24.2 Å². The van der Waals surface area contributed by atoms with E-state index in [0.717, 1.165) is 28.6 Å². The van der Waals surface area contributed by atoms with Gasteiger partial charge in [0.05, 0.1) is 17.2 Å². The van der Waals surface area contributed by atoms with Gasteiger partial charge >= 0.3 is 0 Å². The van der Waals surface area contributed by atoms with Crippen LogP contribution in [0.3, 0.4) is 0 Å². The van der Waals surface area contributed by atoms with E-state index in [0.29, 0.717) is 40.9 Å². The van der Waals surface area contributed by atoms with Gasteiger partial charge in [0.15, 0.2) is 0 Å². The number of sulfonamides is 1. The van der Waals surface area contributed by atoms with E-state index in [-0.39, 0.29) is 29.5 Å². The molecule has 0 heterocycles. The van der Waals surface area contributed by atoms with Crippen molar-refractivity contribution in [3.8, 4) is 5.75 Å². The minimum absolute atomic E-state index is 0.136. The number of ether oxygens (including phenoxy) is 1. The highest BCUT2D eigenvalue weighted by Gasteiger charge is 2.34. The first-order valence-corrected chi connectivity index (χ1v) is 15.7. The van der Waals surface area contributed by atoms with Gasteiger partial charge in [-0.15, -0.1) is 0 Å². The third kappa shape index (κ3) is 8.14. The van der Waals surface area contributed by atoms with E-state index in [1.54, 1.807) is 37.3 Å². The van der Waals surface area contributed by atoms with E-state index in [1.807, 2.05) is 13.8 Å². The fraction of sp³-hybridized carbons (Fsp3) is 0.333. The Morgan fingerprint density at radius 3 is 2.12 bits per heavy atom. The molecular weight excluding hydrogens is 604 g/mol. The summed E-state index contributed by atoms with van der Waals surface area (Å²) in [6.07, 6.45) is 0.936. The first-order valence-electron chi connectivity index (χ1n) is 13.5. The molecule has 0 bridgehead atoms. The Morgan fingerprint density at radius 1 is 0.952 bits per heavy atom. The molecule has 0 aliphatic carbocycles. The molecule has 0 fully saturated rings. The minimum Gasteiger partial charge on any atom is -0.494 e. The Morgan fingerprint density at radius 2 is 1.57 bits per heavy atom. The number of nitrogens with one attached hydrogen (secondary N) is 1. The molecule has 0 radical (unpaired) electrons. The fourth-order valence-electron chi connectivity index (χ4n) is 4.28. The number of carbonyl (C=O) groups is 2. The van der Waals surface area contributed by atoms with E-state index in [2.05, 4.69) is 5.32 Å². The van der Waals surface area contributed by atoms with Crippen molar-refractivity contribution in [2.75, 3.05) is 24.0 Å². The van der Waals surface area contributed by atoms with Gasteiger partial charge < -0.3 is 15.0 Å². The predicted molar refractivity (Wildman–Crippen MR) is 163 cm³/mol. The smallest absolute Gasteiger partial charge is 0.264 e. The first kappa shape index (κ1) is 33.2. The molecule has 12 heteroatoms. The first-order chi connectivity index (χ1) is 20.0. The summed E-state index contributed by atoms with van der Waals surface area (Å²) in [6.45, 7) is 5.50. The molecule has 8 nitrogen and oxygen atoms in total. The van der Waals surface area contributed by atoms with Crippen LogP contribution in [0.4, 0.5) is 10.1 Å². The van der Waals surface area contributed by atoms with Gasteiger partial charge in [-0.1, -0.05) is 43.1 Å². The fourth-order valence-corrected chi connectivity index (χ4v) is 6.21. The number of hydrogen-bond donors (Lipinski definition) is 1. The maximum absolute atomic E-state index is 14.1. The quantitative estimate of drug-likeness (QED) is 0.232. The van der Waals surface area contributed by atoms with Crippen molar-refractivity contribution >= 4 is 50.7 Å². The van der Waals surface area contributed by atoms with Crippen LogP contribution >= 0.6 is 23.2 Å². The van der Waals surface area contributed by atoms with Gasteiger partial charge in [-0.05, 0) is 80.4 Å². The van der Waals surface area contributed by atoms with E-state index < -0.39 is 34.3 Å². The summed E-state index contributed by atoms with van der Waals surface area (Å²) < 4.78 is 47.8. The Hall–Kier alpha value is -3.34. The van der Waals surface area contributed by atoms with Crippen LogP contribution in [0.5, 0.6) is 5.75 Å². The van der Waals surface area contributed by atoms with Crippen molar-refractivity contribution in [3.05, 3.63) is 88.2 Å². The van der Waals surface area contributed by atoms with Crippen molar-refractivity contribution in [2.24, 2.45) is 0 Å². The second-order valence-corrected chi connectivity index (χ2v) is 12.0. The largest absolute Gasteiger partial charge is 0.494 e. The normalized spacial score (nSPS) is 12.0. The maximum Gasteiger partial charge on any atom is 0.264 e. The van der Waals surface area contributed by atoms with E-state index in [4.69, 9.17) is 27.9 Å². The van der Waals surface area contributed by atoms with Crippen molar-refractivity contribution < 1.29 is 27.1 Å². The highest BCUT2D eigenvalue weighted by Crippen LogP contribution is 2.29. The molecule has 0 spiro atoms. The second kappa shape index (κ2) is 15.2. The van der Waals surface area contributed by atoms with Crippen LogP contribution < -0.4 is 14.4 Å². The molecule has 3 aromatic rings. The second-order valence-electron chi connectivity index (χ2n) is 9.33. The molecule has 0 saturated heterocycles. The lowest BCUT2D eigenvalue weighted by atomic mass is 10.1. The van der Waals surface area contributed by atoms with Gasteiger partial charge in [-0.3, -0.25) is 13.9 Å². The van der Waals surface area contributed by atoms with Crippen molar-refractivity contribution in [1.29, 1.82) is 0 Å². The van der Waals surface area contributed by atoms with Crippen molar-refractivity contribution in [2.45, 2.75) is 51.1 Å². The van der Waals surface area contributed by atoms with Crippen LogP contribution in [0, 0.1) is 5.82 Å². The average Bonchev–Trinajstić information content (AvgIpc) is 2.97. The third-order valence-electron chi connectivity index (χ3n) is 6.44. The monoisotopic (exact) mass is 637 g/mol. The van der Waals surface area contributed by atoms with Crippen LogP contribution in [-0.2, 0) is 26.2 Å². The van der Waals surface area contributed by atoms with Crippen LogP contribution in [-0.4, -0.2) is 50.9 Å². The summed E-state index contributed by atoms with van der Waals surface area (Å²) in [4.78, 5) is 28.4. The Kier molecular flexibility index (Phi) is 12.0. The molecule has 226 valence electrons. The lowest BCUT2D eigenvalue weighted by Gasteiger charge is -2.33. The molecule has 1 N–H and O–H groups in total. The van der Waals surface area contributed by atoms with Crippen LogP contribution in [0.1, 0.15) is 39.2 Å². The van der Waals surface area contributed by atoms with Gasteiger partial charge in [0, 0.05) is 28.7 Å². The topological polar surface area (TPSA) is 96.0 Å². The molecule has 0 aromatic heterocycles. The zero-order chi connectivity index (χ0) is 30.9. The molecule has 0 aliphatic heterocycles. The SMILES string of the molecule is CCCNC(=O)[C@@H](CC)N(Cc1c(Cl)cccc1Cl)C(=O)CN(c1ccc(OCC)cc1)S(=O)(=O)c1ccc(F)cc1. The number of benzene rings is 3. The molecule has 2 amide bonds. The zero-order valence-electron chi connectivity index (χ0n) is 23.6. The zero-order valence-corrected chi connectivity index (χ0v) is 26.0. The van der Waals surface area contributed by atoms with Crippen LogP contribution in [0.25, 0.3) is 0 Å². The van der Waals surface area contributed by atoms with Crippen molar-refractivity contribution in [3.63, 3.8) is 0 Å². The Labute approximate surface area is 256 Å². The van der Waals surface area contributed by atoms with Gasteiger partial charge in [-0.2, -0.15) is 0 Å². The standard InChI is InChI=1S/C30H34Cl2FN3O5S/c1-4-18-34-30(38)28(5-2)35(19-25-26(31)8-7-9-27(25)32)29(37)20-36(22-12-14-23(15-13-22)41-6-3)42(39,40)24-16-10-21(33)11-17-24/h7-17,28H,4-6,18-20H2,1-3H3,(H,34,38)/t28-/m1/s1. The van der Waals surface area contributed by atoms with Crippen LogP contribution in [0.15, 0.2) is 71.6 Å². The number of halogens is 3. The summed E-state index contributed by atoms with van der Waals surface area (Å²) in [7, 11) is -4.35. The molecule has 0 unspecified atom stereocenters.